The van der Waals surface area contributed by atoms with Gasteiger partial charge in [-0.2, -0.15) is 4.98 Å². The molecule has 0 unspecified atom stereocenters. The van der Waals surface area contributed by atoms with E-state index in [1.165, 1.54) is 12.8 Å². The Bertz CT molecular complexity index is 494. The number of hydrogen-bond donors (Lipinski definition) is 0. The van der Waals surface area contributed by atoms with Gasteiger partial charge in [0.25, 0.3) is 0 Å². The molecule has 0 aromatic carbocycles. The fourth-order valence-corrected chi connectivity index (χ4v) is 2.53. The largest absolute Gasteiger partial charge is 0.463 e. The lowest BCUT2D eigenvalue weighted by Gasteiger charge is -2.20. The van der Waals surface area contributed by atoms with Crippen molar-refractivity contribution in [3.8, 4) is 6.01 Å². The molecule has 3 rings (SSSR count). The molecule has 0 amide bonds. The minimum absolute atomic E-state index is 0.320. The topological polar surface area (TPSA) is 50.6 Å². The van der Waals surface area contributed by atoms with Gasteiger partial charge in [0, 0.05) is 30.8 Å². The minimum atomic E-state index is 0.320. The standard InChI is InChI=1S/C14H20N4O/c1-18(2)9-14(4-5-14)10-19-13-16-7-11-3-6-15-8-12(11)17-13/h6-7H,3-5,8-10H2,1-2H3. The minimum Gasteiger partial charge on any atom is -0.463 e. The fourth-order valence-electron chi connectivity index (χ4n) is 2.53. The Hall–Kier alpha value is -1.49. The highest BCUT2D eigenvalue weighted by Gasteiger charge is 2.44. The normalized spacial score (nSPS) is 19.3. The number of ether oxygens (including phenoxy) is 1. The summed E-state index contributed by atoms with van der Waals surface area (Å²) in [7, 11) is 4.21. The van der Waals surface area contributed by atoms with Gasteiger partial charge >= 0.3 is 6.01 Å². The summed E-state index contributed by atoms with van der Waals surface area (Å²) >= 11 is 0. The molecular weight excluding hydrogens is 240 g/mol. The quantitative estimate of drug-likeness (QED) is 0.801. The summed E-state index contributed by atoms with van der Waals surface area (Å²) < 4.78 is 5.80. The first kappa shape index (κ1) is 12.5. The molecule has 1 aliphatic carbocycles. The first-order chi connectivity index (χ1) is 9.17. The molecule has 0 bridgehead atoms. The first-order valence-electron chi connectivity index (χ1n) is 6.78. The van der Waals surface area contributed by atoms with Crippen LogP contribution >= 0.6 is 0 Å². The second kappa shape index (κ2) is 4.89. The zero-order chi connectivity index (χ0) is 13.3. The van der Waals surface area contributed by atoms with Crippen LogP contribution in [-0.2, 0) is 13.0 Å². The van der Waals surface area contributed by atoms with E-state index in [2.05, 4.69) is 34.0 Å². The number of fused-ring (bicyclic) bond motifs is 1. The molecule has 102 valence electrons. The summed E-state index contributed by atoms with van der Waals surface area (Å²) in [5, 5.41) is 0. The van der Waals surface area contributed by atoms with E-state index in [1.807, 2.05) is 12.4 Å². The Morgan fingerprint density at radius 2 is 2.21 bits per heavy atom. The molecule has 1 aliphatic heterocycles. The van der Waals surface area contributed by atoms with E-state index in [-0.39, 0.29) is 0 Å². The summed E-state index contributed by atoms with van der Waals surface area (Å²) in [5.41, 5.74) is 2.49. The Morgan fingerprint density at radius 3 is 2.95 bits per heavy atom. The summed E-state index contributed by atoms with van der Waals surface area (Å²) in [5.74, 6) is 0. The van der Waals surface area contributed by atoms with Crippen molar-refractivity contribution in [1.82, 2.24) is 14.9 Å². The van der Waals surface area contributed by atoms with E-state index in [1.54, 1.807) is 0 Å². The summed E-state index contributed by atoms with van der Waals surface area (Å²) in [4.78, 5) is 15.2. The number of nitrogens with zero attached hydrogens (tertiary/aromatic N) is 4. The zero-order valence-corrected chi connectivity index (χ0v) is 11.6. The van der Waals surface area contributed by atoms with E-state index in [0.717, 1.165) is 24.2 Å². The second-order valence-electron chi connectivity index (χ2n) is 5.88. The van der Waals surface area contributed by atoms with Gasteiger partial charge in [-0.05, 0) is 32.5 Å². The van der Waals surface area contributed by atoms with Crippen molar-refractivity contribution in [3.05, 3.63) is 17.5 Å². The molecule has 5 nitrogen and oxygen atoms in total. The average Bonchev–Trinajstić information content (AvgIpc) is 3.15. The molecule has 5 heteroatoms. The third-order valence-electron chi connectivity index (χ3n) is 3.73. The van der Waals surface area contributed by atoms with Crippen LogP contribution in [0.2, 0.25) is 0 Å². The van der Waals surface area contributed by atoms with Crippen LogP contribution in [0.4, 0.5) is 0 Å². The Balaban J connectivity index is 1.62. The molecule has 0 spiro atoms. The number of aromatic nitrogens is 2. The highest BCUT2D eigenvalue weighted by atomic mass is 16.5. The van der Waals surface area contributed by atoms with Gasteiger partial charge in [0.1, 0.15) is 0 Å². The van der Waals surface area contributed by atoms with E-state index in [0.29, 0.717) is 24.6 Å². The van der Waals surface area contributed by atoms with E-state index in [9.17, 15) is 0 Å². The summed E-state index contributed by atoms with van der Waals surface area (Å²) in [6, 6.07) is 0.501. The van der Waals surface area contributed by atoms with Crippen LogP contribution in [0.1, 0.15) is 24.1 Å². The maximum Gasteiger partial charge on any atom is 0.316 e. The molecule has 0 atom stereocenters. The van der Waals surface area contributed by atoms with Gasteiger partial charge in [-0.25, -0.2) is 4.98 Å². The van der Waals surface area contributed by atoms with Crippen molar-refractivity contribution in [2.24, 2.45) is 10.4 Å². The molecule has 1 aromatic heterocycles. The molecule has 0 radical (unpaired) electrons. The van der Waals surface area contributed by atoms with Gasteiger partial charge in [-0.1, -0.05) is 0 Å². The summed E-state index contributed by atoms with van der Waals surface area (Å²) in [6.45, 7) is 2.44. The third kappa shape index (κ3) is 2.92. The highest BCUT2D eigenvalue weighted by molar-refractivity contribution is 5.63. The van der Waals surface area contributed by atoms with E-state index in [4.69, 9.17) is 4.74 Å². The Morgan fingerprint density at radius 1 is 1.37 bits per heavy atom. The van der Waals surface area contributed by atoms with E-state index < -0.39 is 0 Å². The van der Waals surface area contributed by atoms with Gasteiger partial charge < -0.3 is 9.64 Å². The predicted molar refractivity (Wildman–Crippen MR) is 73.6 cm³/mol. The van der Waals surface area contributed by atoms with E-state index >= 15 is 0 Å². The maximum absolute atomic E-state index is 5.80. The number of aliphatic imine (C=N–C) groups is 1. The molecule has 1 saturated carbocycles. The molecule has 1 fully saturated rings. The van der Waals surface area contributed by atoms with Crippen LogP contribution < -0.4 is 4.74 Å². The summed E-state index contributed by atoms with van der Waals surface area (Å²) in [6.07, 6.45) is 7.10. The van der Waals surface area contributed by atoms with Gasteiger partial charge in [-0.3, -0.25) is 4.99 Å². The maximum atomic E-state index is 5.80. The lowest BCUT2D eigenvalue weighted by molar-refractivity contribution is 0.182. The van der Waals surface area contributed by atoms with Crippen molar-refractivity contribution >= 4 is 6.21 Å². The smallest absolute Gasteiger partial charge is 0.316 e. The fraction of sp³-hybridized carbons (Fsp3) is 0.643. The SMILES string of the molecule is CN(C)CC1(COc2ncc3c(n2)CN=CC3)CC1. The predicted octanol–water partition coefficient (Wildman–Crippen LogP) is 1.32. The van der Waals surface area contributed by atoms with Crippen LogP contribution in [0.5, 0.6) is 6.01 Å². The molecular formula is C14H20N4O. The molecule has 2 heterocycles. The van der Waals surface area contributed by atoms with Crippen LogP contribution in [0, 0.1) is 5.41 Å². The second-order valence-corrected chi connectivity index (χ2v) is 5.88. The molecule has 2 aliphatic rings. The van der Waals surface area contributed by atoms with Crippen LogP contribution in [0.25, 0.3) is 0 Å². The van der Waals surface area contributed by atoms with Crippen molar-refractivity contribution in [1.29, 1.82) is 0 Å². The first-order valence-corrected chi connectivity index (χ1v) is 6.78. The van der Waals surface area contributed by atoms with Gasteiger partial charge in [0.15, 0.2) is 0 Å². The number of hydrogen-bond acceptors (Lipinski definition) is 5. The Labute approximate surface area is 113 Å². The number of rotatable bonds is 5. The lowest BCUT2D eigenvalue weighted by Crippen LogP contribution is -2.28. The zero-order valence-electron chi connectivity index (χ0n) is 11.6. The molecule has 19 heavy (non-hydrogen) atoms. The lowest BCUT2D eigenvalue weighted by atomic mass is 10.1. The average molecular weight is 260 g/mol. The van der Waals surface area contributed by atoms with Gasteiger partial charge in [-0.15, -0.1) is 0 Å². The molecule has 1 aromatic rings. The van der Waals surface area contributed by atoms with Crippen molar-refractivity contribution in [3.63, 3.8) is 0 Å². The van der Waals surface area contributed by atoms with Crippen LogP contribution in [-0.4, -0.2) is 48.3 Å². The third-order valence-corrected chi connectivity index (χ3v) is 3.73. The van der Waals surface area contributed by atoms with Crippen molar-refractivity contribution in [2.45, 2.75) is 25.8 Å². The molecule has 0 N–H and O–H groups in total. The molecule has 0 saturated heterocycles. The monoisotopic (exact) mass is 260 g/mol. The van der Waals surface area contributed by atoms with Gasteiger partial charge in [0.05, 0.1) is 18.8 Å². The highest BCUT2D eigenvalue weighted by Crippen LogP contribution is 2.46. The van der Waals surface area contributed by atoms with Crippen LogP contribution in [0.3, 0.4) is 0 Å². The van der Waals surface area contributed by atoms with Crippen molar-refractivity contribution in [2.75, 3.05) is 27.2 Å². The Kier molecular flexibility index (Phi) is 3.22. The van der Waals surface area contributed by atoms with Crippen LogP contribution in [0.15, 0.2) is 11.2 Å². The van der Waals surface area contributed by atoms with Crippen molar-refractivity contribution < 1.29 is 4.74 Å². The van der Waals surface area contributed by atoms with Gasteiger partial charge in [0.2, 0.25) is 0 Å².